The maximum Gasteiger partial charge on any atom is 0.279 e. The third kappa shape index (κ3) is 6.03. The number of anilines is 2. The van der Waals surface area contributed by atoms with Gasteiger partial charge >= 0.3 is 0 Å². The van der Waals surface area contributed by atoms with Crippen LogP contribution in [0.25, 0.3) is 0 Å². The van der Waals surface area contributed by atoms with E-state index in [2.05, 4.69) is 9.71 Å². The lowest BCUT2D eigenvalue weighted by Crippen LogP contribution is -2.38. The van der Waals surface area contributed by atoms with Crippen LogP contribution in [0.2, 0.25) is 5.02 Å². The Morgan fingerprint density at radius 1 is 1.03 bits per heavy atom. The van der Waals surface area contributed by atoms with Crippen LogP contribution in [0.1, 0.15) is 38.2 Å². The number of pyridine rings is 1. The molecule has 1 N–H and O–H groups in total. The first-order chi connectivity index (χ1) is 15.6. The molecule has 7 nitrogen and oxygen atoms in total. The highest BCUT2D eigenvalue weighted by atomic mass is 35.5. The van der Waals surface area contributed by atoms with E-state index in [-0.39, 0.29) is 33.4 Å². The van der Waals surface area contributed by atoms with Crippen LogP contribution in [0.3, 0.4) is 0 Å². The molecule has 0 saturated carbocycles. The van der Waals surface area contributed by atoms with E-state index in [0.717, 1.165) is 0 Å². The van der Waals surface area contributed by atoms with E-state index < -0.39 is 15.9 Å². The summed E-state index contributed by atoms with van der Waals surface area (Å²) in [6.07, 6.45) is 1.28. The molecule has 0 aliphatic rings. The Bertz CT molecular complexity index is 1210. The Kier molecular flexibility index (Phi) is 7.61. The maximum atomic E-state index is 13.5. The van der Waals surface area contributed by atoms with Gasteiger partial charge in [0, 0.05) is 17.9 Å². The first-order valence-electron chi connectivity index (χ1n) is 10.4. The number of ether oxygens (including phenoxy) is 1. The lowest BCUT2D eigenvalue weighted by Gasteiger charge is -2.27. The molecule has 0 fully saturated rings. The second kappa shape index (κ2) is 10.2. The maximum absolute atomic E-state index is 13.5. The highest BCUT2D eigenvalue weighted by Crippen LogP contribution is 2.27. The molecule has 0 bridgehead atoms. The number of carbonyl (C=O) groups is 1. The van der Waals surface area contributed by atoms with Crippen molar-refractivity contribution in [2.75, 3.05) is 9.62 Å². The number of nitrogens with one attached hydrogen (secondary N) is 1. The minimum atomic E-state index is -4.02. The third-order valence-corrected chi connectivity index (χ3v) is 6.16. The van der Waals surface area contributed by atoms with Gasteiger partial charge in [-0.1, -0.05) is 29.8 Å². The molecule has 33 heavy (non-hydrogen) atoms. The summed E-state index contributed by atoms with van der Waals surface area (Å²) in [7, 11) is -4.02. The molecule has 1 amide bonds. The fraction of sp³-hybridized carbons (Fsp3) is 0.250. The third-order valence-electron chi connectivity index (χ3n) is 4.58. The van der Waals surface area contributed by atoms with Crippen molar-refractivity contribution in [1.29, 1.82) is 0 Å². The van der Waals surface area contributed by atoms with Crippen LogP contribution in [0.4, 0.5) is 11.4 Å². The Morgan fingerprint density at radius 3 is 2.24 bits per heavy atom. The zero-order valence-corrected chi connectivity index (χ0v) is 20.4. The van der Waals surface area contributed by atoms with Crippen LogP contribution in [0, 0.1) is 0 Å². The number of sulfonamides is 1. The van der Waals surface area contributed by atoms with Crippen molar-refractivity contribution in [2.24, 2.45) is 0 Å². The number of rotatable bonds is 8. The lowest BCUT2D eigenvalue weighted by atomic mass is 10.2. The van der Waals surface area contributed by atoms with E-state index in [1.165, 1.54) is 24.4 Å². The quantitative estimate of drug-likeness (QED) is 0.461. The molecule has 0 saturated heterocycles. The molecule has 3 rings (SSSR count). The van der Waals surface area contributed by atoms with Gasteiger partial charge in [-0.2, -0.15) is 0 Å². The van der Waals surface area contributed by atoms with Gasteiger partial charge in [0.15, 0.2) is 5.69 Å². The van der Waals surface area contributed by atoms with Crippen molar-refractivity contribution in [2.45, 2.75) is 44.7 Å². The average molecular weight is 488 g/mol. The fourth-order valence-electron chi connectivity index (χ4n) is 3.21. The van der Waals surface area contributed by atoms with Gasteiger partial charge in [-0.25, -0.2) is 13.4 Å². The molecule has 1 heterocycles. The molecule has 9 heteroatoms. The number of nitrogens with zero attached hydrogens (tertiary/aromatic N) is 2. The van der Waals surface area contributed by atoms with Gasteiger partial charge in [0.2, 0.25) is 0 Å². The molecule has 0 spiro atoms. The van der Waals surface area contributed by atoms with Gasteiger partial charge in [-0.05, 0) is 70.2 Å². The van der Waals surface area contributed by atoms with Crippen molar-refractivity contribution < 1.29 is 17.9 Å². The molecule has 0 unspecified atom stereocenters. The predicted molar refractivity (Wildman–Crippen MR) is 131 cm³/mol. The summed E-state index contributed by atoms with van der Waals surface area (Å²) in [5, 5.41) is 0.195. The number of hydrogen-bond donors (Lipinski definition) is 1. The Morgan fingerprint density at radius 2 is 1.67 bits per heavy atom. The first kappa shape index (κ1) is 24.5. The summed E-state index contributed by atoms with van der Waals surface area (Å²) in [5.74, 6) is 0.103. The van der Waals surface area contributed by atoms with Crippen LogP contribution in [-0.2, 0) is 10.0 Å². The summed E-state index contributed by atoms with van der Waals surface area (Å²) in [4.78, 5) is 19.2. The van der Waals surface area contributed by atoms with E-state index in [1.807, 2.05) is 45.9 Å². The van der Waals surface area contributed by atoms with E-state index >= 15 is 0 Å². The molecule has 3 aromatic rings. The molecule has 174 valence electrons. The number of amides is 1. The van der Waals surface area contributed by atoms with Crippen LogP contribution in [0.5, 0.6) is 5.75 Å². The average Bonchev–Trinajstić information content (AvgIpc) is 2.74. The van der Waals surface area contributed by atoms with E-state index in [0.29, 0.717) is 11.4 Å². The largest absolute Gasteiger partial charge is 0.491 e. The molecule has 1 aromatic heterocycles. The summed E-state index contributed by atoms with van der Waals surface area (Å²) in [6.45, 7) is 7.50. The smallest absolute Gasteiger partial charge is 0.279 e. The molecular weight excluding hydrogens is 462 g/mol. The minimum absolute atomic E-state index is 0.00316. The number of halogens is 1. The van der Waals surface area contributed by atoms with Crippen LogP contribution < -0.4 is 14.4 Å². The highest BCUT2D eigenvalue weighted by molar-refractivity contribution is 7.92. The number of hydrogen-bond acceptors (Lipinski definition) is 5. The summed E-state index contributed by atoms with van der Waals surface area (Å²) < 4.78 is 34.1. The normalized spacial score (nSPS) is 11.5. The SMILES string of the molecule is CC(C)Oc1ccc(S(=O)(=O)Nc2cc(Cl)cnc2C(=O)N(c2ccccc2)C(C)C)cc1. The highest BCUT2D eigenvalue weighted by Gasteiger charge is 2.27. The predicted octanol–water partition coefficient (Wildman–Crippen LogP) is 5.38. The monoisotopic (exact) mass is 487 g/mol. The van der Waals surface area contributed by atoms with Gasteiger partial charge in [-0.3, -0.25) is 9.52 Å². The van der Waals surface area contributed by atoms with Crippen molar-refractivity contribution in [1.82, 2.24) is 4.98 Å². The lowest BCUT2D eigenvalue weighted by molar-refractivity contribution is 0.0976. The Balaban J connectivity index is 1.96. The second-order valence-electron chi connectivity index (χ2n) is 7.90. The zero-order chi connectivity index (χ0) is 24.2. The van der Waals surface area contributed by atoms with Crippen molar-refractivity contribution in [3.8, 4) is 5.75 Å². The van der Waals surface area contributed by atoms with E-state index in [4.69, 9.17) is 16.3 Å². The summed E-state index contributed by atoms with van der Waals surface area (Å²) in [5.41, 5.74) is 0.612. The minimum Gasteiger partial charge on any atom is -0.491 e. The number of para-hydroxylation sites is 1. The summed E-state index contributed by atoms with van der Waals surface area (Å²) in [6, 6.07) is 16.3. The van der Waals surface area contributed by atoms with Crippen LogP contribution in [-0.4, -0.2) is 31.5 Å². The van der Waals surface area contributed by atoms with Gasteiger partial charge in [0.25, 0.3) is 15.9 Å². The number of aromatic nitrogens is 1. The molecule has 0 aliphatic carbocycles. The standard InChI is InChI=1S/C24H26ClN3O4S/c1-16(2)28(19-8-6-5-7-9-19)24(29)23-22(14-18(25)15-26-23)27-33(30,31)21-12-10-20(11-13-21)32-17(3)4/h5-17,27H,1-4H3. The number of carbonyl (C=O) groups excluding carboxylic acids is 1. The molecular formula is C24H26ClN3O4S. The summed E-state index contributed by atoms with van der Waals surface area (Å²) >= 11 is 6.09. The Labute approximate surface area is 199 Å². The van der Waals surface area contributed by atoms with Crippen LogP contribution >= 0.6 is 11.6 Å². The van der Waals surface area contributed by atoms with Gasteiger partial charge in [-0.15, -0.1) is 0 Å². The van der Waals surface area contributed by atoms with Crippen LogP contribution in [0.15, 0.2) is 71.8 Å². The van der Waals surface area contributed by atoms with Gasteiger partial charge < -0.3 is 9.64 Å². The van der Waals surface area contributed by atoms with Crippen molar-refractivity contribution >= 4 is 38.9 Å². The Hall–Kier alpha value is -3.10. The van der Waals surface area contributed by atoms with E-state index in [1.54, 1.807) is 29.2 Å². The second-order valence-corrected chi connectivity index (χ2v) is 10.0. The van der Waals surface area contributed by atoms with Gasteiger partial charge in [0.05, 0.1) is 21.7 Å². The molecule has 0 radical (unpaired) electrons. The topological polar surface area (TPSA) is 88.6 Å². The molecule has 2 aromatic carbocycles. The fourth-order valence-corrected chi connectivity index (χ4v) is 4.43. The molecule has 0 atom stereocenters. The number of benzene rings is 2. The zero-order valence-electron chi connectivity index (χ0n) is 18.8. The van der Waals surface area contributed by atoms with E-state index in [9.17, 15) is 13.2 Å². The van der Waals surface area contributed by atoms with Gasteiger partial charge in [0.1, 0.15) is 5.75 Å². The van der Waals surface area contributed by atoms with Crippen molar-refractivity contribution in [3.63, 3.8) is 0 Å². The molecule has 0 aliphatic heterocycles. The van der Waals surface area contributed by atoms with Crippen molar-refractivity contribution in [3.05, 3.63) is 77.6 Å². The first-order valence-corrected chi connectivity index (χ1v) is 12.3.